The fourth-order valence-electron chi connectivity index (χ4n) is 2.44. The predicted octanol–water partition coefficient (Wildman–Crippen LogP) is 3.11. The van der Waals surface area contributed by atoms with Gasteiger partial charge in [0.05, 0.1) is 0 Å². The Morgan fingerprint density at radius 2 is 1.73 bits per heavy atom. The fourth-order valence-corrected chi connectivity index (χ4v) is 4.98. The molecule has 0 aromatic heterocycles. The number of rotatable bonds is 8. The second-order valence-electron chi connectivity index (χ2n) is 5.68. The van der Waals surface area contributed by atoms with Gasteiger partial charge in [0.25, 0.3) is 10.1 Å². The van der Waals surface area contributed by atoms with Gasteiger partial charge in [-0.05, 0) is 23.8 Å². The highest BCUT2D eigenvalue weighted by atomic mass is 35.5. The average Bonchev–Trinajstić information content (AvgIpc) is 2.51. The lowest BCUT2D eigenvalue weighted by Crippen LogP contribution is -2.30. The van der Waals surface area contributed by atoms with Crippen LogP contribution in [0.4, 0.5) is 0 Å². The van der Waals surface area contributed by atoms with E-state index in [4.69, 9.17) is 16.3 Å². The lowest BCUT2D eigenvalue weighted by molar-refractivity contribution is 0.190. The molecule has 0 aliphatic rings. The fraction of sp³-hybridized carbons (Fsp3) is 0.250. The van der Waals surface area contributed by atoms with E-state index in [-0.39, 0.29) is 6.42 Å². The SMILES string of the molecule is O=P(O)(O)C(CC(Cc1ccccc1)Oc1cccc(Cl)c1)S(=O)(=O)O. The molecule has 0 aliphatic carbocycles. The van der Waals surface area contributed by atoms with Crippen molar-refractivity contribution < 1.29 is 32.1 Å². The van der Waals surface area contributed by atoms with Gasteiger partial charge in [0.1, 0.15) is 11.9 Å². The molecule has 2 aromatic carbocycles. The highest BCUT2D eigenvalue weighted by Crippen LogP contribution is 2.46. The van der Waals surface area contributed by atoms with Gasteiger partial charge in [-0.1, -0.05) is 48.0 Å². The van der Waals surface area contributed by atoms with Crippen molar-refractivity contribution in [3.05, 3.63) is 65.2 Å². The van der Waals surface area contributed by atoms with Crippen LogP contribution in [0.3, 0.4) is 0 Å². The summed E-state index contributed by atoms with van der Waals surface area (Å²) in [7, 11) is -10.1. The normalized spacial score (nSPS) is 14.6. The first-order valence-electron chi connectivity index (χ1n) is 7.53. The van der Waals surface area contributed by atoms with Crippen LogP contribution in [-0.4, -0.2) is 33.9 Å². The van der Waals surface area contributed by atoms with Gasteiger partial charge in [-0.15, -0.1) is 0 Å². The van der Waals surface area contributed by atoms with Gasteiger partial charge >= 0.3 is 7.60 Å². The molecule has 7 nitrogen and oxygen atoms in total. The van der Waals surface area contributed by atoms with Gasteiger partial charge in [0, 0.05) is 17.9 Å². The number of halogens is 1. The van der Waals surface area contributed by atoms with E-state index >= 15 is 0 Å². The van der Waals surface area contributed by atoms with Crippen molar-refractivity contribution in [1.29, 1.82) is 0 Å². The van der Waals surface area contributed by atoms with Crippen molar-refractivity contribution >= 4 is 29.3 Å². The predicted molar refractivity (Wildman–Crippen MR) is 98.0 cm³/mol. The Morgan fingerprint density at radius 1 is 1.08 bits per heavy atom. The third kappa shape index (κ3) is 6.39. The molecule has 0 bridgehead atoms. The standard InChI is InChI=1S/C16H18ClO7PS/c17-13-7-4-8-14(10-13)24-15(9-12-5-2-1-3-6-12)11-16(25(18,19)20)26(21,22)23/h1-8,10,15-16H,9,11H2,(H2,18,19,20)(H,21,22,23). The Labute approximate surface area is 156 Å². The Balaban J connectivity index is 2.31. The first-order chi connectivity index (χ1) is 12.1. The van der Waals surface area contributed by atoms with Crippen molar-refractivity contribution in [1.82, 2.24) is 0 Å². The van der Waals surface area contributed by atoms with E-state index in [0.717, 1.165) is 5.56 Å². The first-order valence-corrected chi connectivity index (χ1v) is 11.1. The quantitative estimate of drug-likeness (QED) is 0.443. The lowest BCUT2D eigenvalue weighted by Gasteiger charge is -2.24. The molecular formula is C16H18ClO7PS. The molecule has 2 unspecified atom stereocenters. The maximum Gasteiger partial charge on any atom is 0.346 e. The van der Waals surface area contributed by atoms with E-state index in [1.807, 2.05) is 0 Å². The van der Waals surface area contributed by atoms with Gasteiger partial charge in [-0.25, -0.2) is 0 Å². The average molecular weight is 421 g/mol. The highest BCUT2D eigenvalue weighted by molar-refractivity contribution is 7.93. The zero-order chi connectivity index (χ0) is 19.4. The molecule has 2 rings (SSSR count). The van der Waals surface area contributed by atoms with Crippen LogP contribution < -0.4 is 4.74 Å². The third-order valence-corrected chi connectivity index (χ3v) is 7.29. The maximum atomic E-state index is 11.6. The van der Waals surface area contributed by atoms with Gasteiger partial charge < -0.3 is 14.5 Å². The summed E-state index contributed by atoms with van der Waals surface area (Å²) in [5.74, 6) is 0.318. The van der Waals surface area contributed by atoms with Crippen LogP contribution >= 0.6 is 19.2 Å². The topological polar surface area (TPSA) is 121 Å². The van der Waals surface area contributed by atoms with E-state index in [2.05, 4.69) is 0 Å². The monoisotopic (exact) mass is 420 g/mol. The van der Waals surface area contributed by atoms with Crippen LogP contribution in [0.25, 0.3) is 0 Å². The second kappa shape index (κ2) is 8.52. The summed E-state index contributed by atoms with van der Waals surface area (Å²) < 4.78 is 49.4. The Bertz CT molecular complexity index is 882. The molecule has 0 spiro atoms. The van der Waals surface area contributed by atoms with Crippen LogP contribution in [0.5, 0.6) is 5.75 Å². The smallest absolute Gasteiger partial charge is 0.346 e. The summed E-state index contributed by atoms with van der Waals surface area (Å²) in [6.07, 6.45) is -1.33. The van der Waals surface area contributed by atoms with Crippen molar-refractivity contribution in [2.24, 2.45) is 0 Å². The molecule has 3 N–H and O–H groups in total. The number of hydrogen-bond donors (Lipinski definition) is 3. The molecule has 0 saturated carbocycles. The summed E-state index contributed by atoms with van der Waals surface area (Å²) in [5, 5.41) is 0.391. The summed E-state index contributed by atoms with van der Waals surface area (Å²) in [5.41, 5.74) is 0.777. The molecule has 26 heavy (non-hydrogen) atoms. The van der Waals surface area contributed by atoms with Crippen LogP contribution in [0, 0.1) is 0 Å². The van der Waals surface area contributed by atoms with E-state index < -0.39 is 35.2 Å². The number of benzene rings is 2. The molecule has 0 radical (unpaired) electrons. The third-order valence-electron chi connectivity index (χ3n) is 3.59. The summed E-state index contributed by atoms with van der Waals surface area (Å²) in [6, 6.07) is 15.2. The second-order valence-corrected chi connectivity index (χ2v) is 9.87. The highest BCUT2D eigenvalue weighted by Gasteiger charge is 2.42. The summed E-state index contributed by atoms with van der Waals surface area (Å²) in [4.78, 5) is 16.4. The molecule has 10 heteroatoms. The van der Waals surface area contributed by atoms with Crippen molar-refractivity contribution in [2.45, 2.75) is 23.9 Å². The minimum Gasteiger partial charge on any atom is -0.490 e. The summed E-state index contributed by atoms with van der Waals surface area (Å²) >= 11 is 5.90. The molecule has 0 heterocycles. The molecule has 2 atom stereocenters. The molecule has 142 valence electrons. The van der Waals surface area contributed by atoms with E-state index in [1.165, 1.54) is 6.07 Å². The molecule has 0 saturated heterocycles. The van der Waals surface area contributed by atoms with Gasteiger partial charge in [-0.2, -0.15) is 8.42 Å². The zero-order valence-corrected chi connectivity index (χ0v) is 15.9. The first kappa shape index (κ1) is 20.9. The largest absolute Gasteiger partial charge is 0.490 e. The molecule has 0 amide bonds. The van der Waals surface area contributed by atoms with E-state index in [1.54, 1.807) is 48.5 Å². The summed E-state index contributed by atoms with van der Waals surface area (Å²) in [6.45, 7) is 0. The Kier molecular flexibility index (Phi) is 6.85. The molecule has 2 aromatic rings. The van der Waals surface area contributed by atoms with Crippen molar-refractivity contribution in [3.8, 4) is 5.75 Å². The number of ether oxygens (including phenoxy) is 1. The zero-order valence-electron chi connectivity index (χ0n) is 13.5. The van der Waals surface area contributed by atoms with Gasteiger partial charge in [-0.3, -0.25) is 9.12 Å². The van der Waals surface area contributed by atoms with Crippen LogP contribution in [-0.2, 0) is 21.1 Å². The maximum absolute atomic E-state index is 11.6. The number of hydrogen-bond acceptors (Lipinski definition) is 4. The van der Waals surface area contributed by atoms with E-state index in [0.29, 0.717) is 10.8 Å². The van der Waals surface area contributed by atoms with Crippen molar-refractivity contribution in [3.63, 3.8) is 0 Å². The molecule has 0 aliphatic heterocycles. The molecule has 0 fully saturated rings. The van der Waals surface area contributed by atoms with Crippen LogP contribution in [0.15, 0.2) is 54.6 Å². The minimum absolute atomic E-state index is 0.180. The minimum atomic E-state index is -5.11. The van der Waals surface area contributed by atoms with Crippen LogP contribution in [0.1, 0.15) is 12.0 Å². The van der Waals surface area contributed by atoms with Crippen LogP contribution in [0.2, 0.25) is 5.02 Å². The van der Waals surface area contributed by atoms with Crippen molar-refractivity contribution in [2.75, 3.05) is 0 Å². The van der Waals surface area contributed by atoms with E-state index in [9.17, 15) is 27.3 Å². The Morgan fingerprint density at radius 3 is 2.27 bits per heavy atom. The van der Waals surface area contributed by atoms with Gasteiger partial charge in [0.2, 0.25) is 0 Å². The Hall–Kier alpha value is -1.41. The molecular weight excluding hydrogens is 403 g/mol. The van der Waals surface area contributed by atoms with Gasteiger partial charge in [0.15, 0.2) is 4.99 Å². The lowest BCUT2D eigenvalue weighted by atomic mass is 10.1.